The highest BCUT2D eigenvalue weighted by atomic mass is 35.7. The zero-order valence-corrected chi connectivity index (χ0v) is 13.6. The first-order valence-corrected chi connectivity index (χ1v) is 8.75. The molecule has 0 spiro atoms. The van der Waals surface area contributed by atoms with E-state index in [0.717, 1.165) is 6.07 Å². The van der Waals surface area contributed by atoms with Gasteiger partial charge in [-0.25, -0.2) is 12.8 Å². The van der Waals surface area contributed by atoms with Crippen molar-refractivity contribution < 1.29 is 17.5 Å². The molecule has 1 atom stereocenters. The van der Waals surface area contributed by atoms with Crippen molar-refractivity contribution in [1.29, 1.82) is 5.26 Å². The maximum atomic E-state index is 13.7. The van der Waals surface area contributed by atoms with Crippen LogP contribution in [0.2, 0.25) is 0 Å². The third-order valence-electron chi connectivity index (χ3n) is 3.13. The van der Waals surface area contributed by atoms with Gasteiger partial charge in [-0.1, -0.05) is 20.8 Å². The van der Waals surface area contributed by atoms with E-state index in [-0.39, 0.29) is 29.1 Å². The summed E-state index contributed by atoms with van der Waals surface area (Å²) >= 11 is 0. The Morgan fingerprint density at radius 2 is 2.05 bits per heavy atom. The normalized spacial score (nSPS) is 13.5. The van der Waals surface area contributed by atoms with E-state index in [0.29, 0.717) is 0 Å². The van der Waals surface area contributed by atoms with Crippen LogP contribution in [-0.2, 0) is 9.05 Å². The van der Waals surface area contributed by atoms with E-state index in [9.17, 15) is 12.8 Å². The third-order valence-corrected chi connectivity index (χ3v) is 4.30. The van der Waals surface area contributed by atoms with Crippen LogP contribution in [0.4, 0.5) is 4.39 Å². The molecule has 0 aromatic heterocycles. The maximum Gasteiger partial charge on any atom is 0.233 e. The van der Waals surface area contributed by atoms with Crippen LogP contribution in [0.25, 0.3) is 0 Å². The average Bonchev–Trinajstić information content (AvgIpc) is 2.33. The Morgan fingerprint density at radius 1 is 1.43 bits per heavy atom. The number of benzene rings is 1. The van der Waals surface area contributed by atoms with Crippen molar-refractivity contribution in [3.8, 4) is 11.8 Å². The Labute approximate surface area is 128 Å². The summed E-state index contributed by atoms with van der Waals surface area (Å²) < 4.78 is 41.6. The molecule has 7 heteroatoms. The Bertz CT molecular complexity index is 647. The summed E-state index contributed by atoms with van der Waals surface area (Å²) in [5.74, 6) is -1.32. The van der Waals surface area contributed by atoms with E-state index >= 15 is 0 Å². The van der Waals surface area contributed by atoms with Crippen molar-refractivity contribution in [2.24, 2.45) is 11.3 Å². The van der Waals surface area contributed by atoms with Crippen LogP contribution in [0.1, 0.15) is 26.3 Å². The van der Waals surface area contributed by atoms with Crippen molar-refractivity contribution in [2.45, 2.75) is 20.8 Å². The van der Waals surface area contributed by atoms with Crippen LogP contribution in [0.3, 0.4) is 0 Å². The molecule has 1 unspecified atom stereocenters. The molecule has 1 aromatic rings. The molecule has 0 amide bonds. The molecule has 1 aromatic carbocycles. The molecule has 21 heavy (non-hydrogen) atoms. The monoisotopic (exact) mass is 333 g/mol. The minimum Gasteiger partial charge on any atom is -0.490 e. The first-order valence-electron chi connectivity index (χ1n) is 6.27. The number of hydrogen-bond acceptors (Lipinski definition) is 4. The first-order chi connectivity index (χ1) is 9.53. The van der Waals surface area contributed by atoms with Crippen LogP contribution in [0.15, 0.2) is 18.2 Å². The van der Waals surface area contributed by atoms with E-state index < -0.39 is 20.8 Å². The van der Waals surface area contributed by atoms with Gasteiger partial charge in [0, 0.05) is 16.6 Å². The Balaban J connectivity index is 2.85. The Morgan fingerprint density at radius 3 is 2.48 bits per heavy atom. The minimum atomic E-state index is -3.68. The average molecular weight is 334 g/mol. The number of ether oxygens (including phenoxy) is 1. The lowest BCUT2D eigenvalue weighted by Gasteiger charge is -2.29. The second-order valence-corrected chi connectivity index (χ2v) is 8.66. The zero-order valence-electron chi connectivity index (χ0n) is 12.1. The number of halogens is 2. The van der Waals surface area contributed by atoms with Crippen LogP contribution in [0, 0.1) is 28.5 Å². The molecule has 0 aliphatic carbocycles. The fourth-order valence-electron chi connectivity index (χ4n) is 1.67. The van der Waals surface area contributed by atoms with Crippen LogP contribution in [-0.4, -0.2) is 20.8 Å². The van der Waals surface area contributed by atoms with Gasteiger partial charge >= 0.3 is 0 Å². The van der Waals surface area contributed by atoms with E-state index in [1.807, 2.05) is 26.8 Å². The van der Waals surface area contributed by atoms with Gasteiger partial charge in [-0.2, -0.15) is 5.26 Å². The number of hydrogen-bond donors (Lipinski definition) is 0. The van der Waals surface area contributed by atoms with E-state index in [4.69, 9.17) is 20.7 Å². The molecule has 0 radical (unpaired) electrons. The molecule has 1 rings (SSSR count). The predicted molar refractivity (Wildman–Crippen MR) is 79.2 cm³/mol. The smallest absolute Gasteiger partial charge is 0.233 e. The number of nitriles is 1. The summed E-state index contributed by atoms with van der Waals surface area (Å²) in [6.07, 6.45) is 0. The summed E-state index contributed by atoms with van der Waals surface area (Å²) in [5, 5.41) is 8.67. The highest BCUT2D eigenvalue weighted by Gasteiger charge is 2.30. The van der Waals surface area contributed by atoms with Crippen LogP contribution >= 0.6 is 10.7 Å². The summed E-state index contributed by atoms with van der Waals surface area (Å²) in [4.78, 5) is 0. The lowest BCUT2D eigenvalue weighted by molar-refractivity contribution is 0.159. The molecule has 0 aliphatic heterocycles. The molecular weight excluding hydrogens is 317 g/mol. The van der Waals surface area contributed by atoms with Gasteiger partial charge in [0.15, 0.2) is 11.6 Å². The molecule has 0 heterocycles. The highest BCUT2D eigenvalue weighted by molar-refractivity contribution is 8.13. The second-order valence-electron chi connectivity index (χ2n) is 5.84. The van der Waals surface area contributed by atoms with E-state index in [2.05, 4.69) is 0 Å². The maximum absolute atomic E-state index is 13.7. The Hall–Kier alpha value is -1.32. The Kier molecular flexibility index (Phi) is 5.60. The lowest BCUT2D eigenvalue weighted by Crippen LogP contribution is -2.32. The summed E-state index contributed by atoms with van der Waals surface area (Å²) in [7, 11) is 1.62. The summed E-state index contributed by atoms with van der Waals surface area (Å²) in [5.41, 5.74) is -0.180. The standard InChI is InChI=1S/C14H17ClFNO3S/c1-14(2,3)11(9-21(15,18)19)8-20-13-5-4-10(7-17)6-12(13)16/h4-6,11H,8-9H2,1-3H3. The highest BCUT2D eigenvalue weighted by Crippen LogP contribution is 2.29. The predicted octanol–water partition coefficient (Wildman–Crippen LogP) is 3.31. The van der Waals surface area contributed by atoms with Crippen molar-refractivity contribution in [3.63, 3.8) is 0 Å². The lowest BCUT2D eigenvalue weighted by atomic mass is 9.82. The number of rotatable bonds is 5. The van der Waals surface area contributed by atoms with Gasteiger partial charge < -0.3 is 4.74 Å². The molecular formula is C14H17ClFNO3S. The molecule has 0 N–H and O–H groups in total. The van der Waals surface area contributed by atoms with Gasteiger partial charge in [-0.3, -0.25) is 0 Å². The largest absolute Gasteiger partial charge is 0.490 e. The molecule has 4 nitrogen and oxygen atoms in total. The molecule has 0 fully saturated rings. The van der Waals surface area contributed by atoms with Gasteiger partial charge in [-0.15, -0.1) is 0 Å². The van der Waals surface area contributed by atoms with E-state index in [1.54, 1.807) is 0 Å². The molecule has 116 valence electrons. The van der Waals surface area contributed by atoms with Gasteiger partial charge in [-0.05, 0) is 23.6 Å². The van der Waals surface area contributed by atoms with Gasteiger partial charge in [0.05, 0.1) is 24.0 Å². The van der Waals surface area contributed by atoms with E-state index in [1.165, 1.54) is 12.1 Å². The van der Waals surface area contributed by atoms with Crippen molar-refractivity contribution in [2.75, 3.05) is 12.4 Å². The topological polar surface area (TPSA) is 67.2 Å². The van der Waals surface area contributed by atoms with Gasteiger partial charge in [0.1, 0.15) is 0 Å². The van der Waals surface area contributed by atoms with Gasteiger partial charge in [0.25, 0.3) is 0 Å². The van der Waals surface area contributed by atoms with Crippen LogP contribution in [0.5, 0.6) is 5.75 Å². The van der Waals surface area contributed by atoms with Gasteiger partial charge in [0.2, 0.25) is 9.05 Å². The second kappa shape index (κ2) is 6.63. The van der Waals surface area contributed by atoms with Crippen molar-refractivity contribution >= 4 is 19.7 Å². The first kappa shape index (κ1) is 17.7. The minimum absolute atomic E-state index is 0.0122. The molecule has 0 bridgehead atoms. The quantitative estimate of drug-likeness (QED) is 0.775. The fraction of sp³-hybridized carbons (Fsp3) is 0.500. The van der Waals surface area contributed by atoms with Crippen molar-refractivity contribution in [3.05, 3.63) is 29.6 Å². The summed E-state index contributed by atoms with van der Waals surface area (Å²) in [6.45, 7) is 5.59. The molecule has 0 aliphatic rings. The number of nitrogens with zero attached hydrogens (tertiary/aromatic N) is 1. The molecule has 0 saturated heterocycles. The summed E-state index contributed by atoms with van der Waals surface area (Å²) in [6, 6.07) is 5.68. The SMILES string of the molecule is CC(C)(C)C(COc1ccc(C#N)cc1F)CS(=O)(=O)Cl. The molecule has 0 saturated carbocycles. The van der Waals surface area contributed by atoms with Crippen LogP contribution < -0.4 is 4.74 Å². The zero-order chi connectivity index (χ0) is 16.3. The third kappa shape index (κ3) is 5.90. The fourth-order valence-corrected chi connectivity index (χ4v) is 3.20. The van der Waals surface area contributed by atoms with Crippen molar-refractivity contribution in [1.82, 2.24) is 0 Å².